The van der Waals surface area contributed by atoms with Crippen molar-refractivity contribution < 1.29 is 0 Å². The second-order valence-electron chi connectivity index (χ2n) is 6.76. The van der Waals surface area contributed by atoms with Crippen molar-refractivity contribution in [1.82, 2.24) is 13.5 Å². The van der Waals surface area contributed by atoms with E-state index in [1.807, 2.05) is 12.1 Å². The zero-order chi connectivity index (χ0) is 16.9. The number of aryl methyl sites for hydroxylation is 1. The molecule has 5 nitrogen and oxygen atoms in total. The highest BCUT2D eigenvalue weighted by molar-refractivity contribution is 7.13. The summed E-state index contributed by atoms with van der Waals surface area (Å²) in [5.74, 6) is 0. The molecule has 0 N–H and O–H groups in total. The van der Waals surface area contributed by atoms with E-state index in [0.29, 0.717) is 11.4 Å². The number of aromatic nitrogens is 3. The Balaban J connectivity index is 2.33. The van der Waals surface area contributed by atoms with Crippen LogP contribution in [0.25, 0.3) is 15.8 Å². The van der Waals surface area contributed by atoms with Crippen molar-refractivity contribution >= 4 is 21.6 Å². The van der Waals surface area contributed by atoms with Gasteiger partial charge in [0.2, 0.25) is 0 Å². The molecule has 2 heterocycles. The summed E-state index contributed by atoms with van der Waals surface area (Å²) in [6.45, 7) is 8.05. The topological polar surface area (TPSA) is 56.9 Å². The van der Waals surface area contributed by atoms with Crippen LogP contribution in [0, 0.1) is 6.92 Å². The summed E-state index contributed by atoms with van der Waals surface area (Å²) >= 11 is 1.44. The molecule has 0 fully saturated rings. The van der Waals surface area contributed by atoms with Crippen molar-refractivity contribution in [3.63, 3.8) is 0 Å². The van der Waals surface area contributed by atoms with Crippen LogP contribution in [-0.4, -0.2) is 13.5 Å². The zero-order valence-corrected chi connectivity index (χ0v) is 14.7. The van der Waals surface area contributed by atoms with Crippen molar-refractivity contribution in [3.05, 3.63) is 56.5 Å². The molecule has 0 bridgehead atoms. The summed E-state index contributed by atoms with van der Waals surface area (Å²) in [5.41, 5.74) is 1.45. The van der Waals surface area contributed by atoms with Crippen LogP contribution >= 0.6 is 11.5 Å². The monoisotopic (exact) mass is 329 g/mol. The molecule has 0 amide bonds. The molecular formula is C17H19N3O2S. The van der Waals surface area contributed by atoms with Crippen molar-refractivity contribution in [2.45, 2.75) is 33.1 Å². The Labute approximate surface area is 138 Å². The lowest BCUT2D eigenvalue weighted by Crippen LogP contribution is -2.38. The minimum absolute atomic E-state index is 0.0972. The SMILES string of the molecule is Cc1cc(=O)n(-c2ccc3snc(C(C)(C)C)c3c2)c(=O)n1C. The zero-order valence-electron chi connectivity index (χ0n) is 13.9. The fourth-order valence-corrected chi connectivity index (χ4v) is 3.52. The van der Waals surface area contributed by atoms with E-state index in [1.165, 1.54) is 26.7 Å². The number of fused-ring (bicyclic) bond motifs is 1. The Morgan fingerprint density at radius 1 is 1.13 bits per heavy atom. The summed E-state index contributed by atoms with van der Waals surface area (Å²) in [7, 11) is 1.67. The van der Waals surface area contributed by atoms with Crippen LogP contribution in [0.1, 0.15) is 32.2 Å². The van der Waals surface area contributed by atoms with Crippen LogP contribution in [0.2, 0.25) is 0 Å². The van der Waals surface area contributed by atoms with Gasteiger partial charge in [0.05, 0.1) is 16.1 Å². The first-order chi connectivity index (χ1) is 10.7. The van der Waals surface area contributed by atoms with Crippen LogP contribution in [0.3, 0.4) is 0 Å². The molecule has 0 aliphatic rings. The van der Waals surface area contributed by atoms with E-state index in [-0.39, 0.29) is 16.7 Å². The first-order valence-electron chi connectivity index (χ1n) is 7.40. The largest absolute Gasteiger partial charge is 0.335 e. The normalized spacial score (nSPS) is 12.0. The molecule has 3 rings (SSSR count). The third-order valence-electron chi connectivity index (χ3n) is 3.98. The molecule has 0 aliphatic heterocycles. The third kappa shape index (κ3) is 2.53. The maximum atomic E-state index is 12.5. The van der Waals surface area contributed by atoms with Gasteiger partial charge in [-0.15, -0.1) is 0 Å². The molecule has 23 heavy (non-hydrogen) atoms. The van der Waals surface area contributed by atoms with Gasteiger partial charge in [0.1, 0.15) is 0 Å². The molecule has 120 valence electrons. The van der Waals surface area contributed by atoms with E-state index in [2.05, 4.69) is 25.1 Å². The van der Waals surface area contributed by atoms with Crippen LogP contribution in [0.4, 0.5) is 0 Å². The van der Waals surface area contributed by atoms with Crippen LogP contribution in [-0.2, 0) is 12.5 Å². The molecule has 0 unspecified atom stereocenters. The third-order valence-corrected chi connectivity index (χ3v) is 4.81. The average Bonchev–Trinajstić information content (AvgIpc) is 2.88. The molecule has 0 atom stereocenters. The summed E-state index contributed by atoms with van der Waals surface area (Å²) < 4.78 is 8.28. The first kappa shape index (κ1) is 15.7. The predicted molar refractivity (Wildman–Crippen MR) is 93.9 cm³/mol. The van der Waals surface area contributed by atoms with Crippen molar-refractivity contribution in [1.29, 1.82) is 0 Å². The fourth-order valence-electron chi connectivity index (χ4n) is 2.58. The lowest BCUT2D eigenvalue weighted by atomic mass is 9.90. The molecule has 6 heteroatoms. The second-order valence-corrected chi connectivity index (χ2v) is 7.57. The van der Waals surface area contributed by atoms with Crippen LogP contribution < -0.4 is 11.2 Å². The smallest absolute Gasteiger partial charge is 0.301 e. The van der Waals surface area contributed by atoms with Gasteiger partial charge >= 0.3 is 5.69 Å². The molecule has 3 aromatic rings. The van der Waals surface area contributed by atoms with Gasteiger partial charge in [0.15, 0.2) is 0 Å². The van der Waals surface area contributed by atoms with Gasteiger partial charge in [-0.2, -0.15) is 4.37 Å². The summed E-state index contributed by atoms with van der Waals surface area (Å²) in [6, 6.07) is 7.08. The van der Waals surface area contributed by atoms with E-state index < -0.39 is 0 Å². The quantitative estimate of drug-likeness (QED) is 0.690. The second kappa shape index (κ2) is 5.16. The predicted octanol–water partition coefficient (Wildman–Crippen LogP) is 2.75. The van der Waals surface area contributed by atoms with Crippen molar-refractivity contribution in [2.75, 3.05) is 0 Å². The van der Waals surface area contributed by atoms with Crippen LogP contribution in [0.5, 0.6) is 0 Å². The van der Waals surface area contributed by atoms with E-state index in [4.69, 9.17) is 0 Å². The van der Waals surface area contributed by atoms with E-state index >= 15 is 0 Å². The molecular weight excluding hydrogens is 310 g/mol. The number of benzene rings is 1. The van der Waals surface area contributed by atoms with E-state index in [9.17, 15) is 9.59 Å². The maximum absolute atomic E-state index is 12.5. The summed E-state index contributed by atoms with van der Waals surface area (Å²) in [6.07, 6.45) is 0. The maximum Gasteiger partial charge on any atom is 0.335 e. The number of hydrogen-bond donors (Lipinski definition) is 0. The Hall–Kier alpha value is -2.21. The molecule has 0 radical (unpaired) electrons. The minimum atomic E-state index is -0.338. The van der Waals surface area contributed by atoms with Gasteiger partial charge in [-0.3, -0.25) is 4.79 Å². The lowest BCUT2D eigenvalue weighted by molar-refractivity contribution is 0.581. The lowest BCUT2D eigenvalue weighted by Gasteiger charge is -2.16. The molecule has 0 aliphatic carbocycles. The highest BCUT2D eigenvalue weighted by atomic mass is 32.1. The van der Waals surface area contributed by atoms with Crippen molar-refractivity contribution in [3.8, 4) is 5.69 Å². The first-order valence-corrected chi connectivity index (χ1v) is 8.17. The van der Waals surface area contributed by atoms with Crippen LogP contribution in [0.15, 0.2) is 33.9 Å². The Morgan fingerprint density at radius 2 is 1.83 bits per heavy atom. The van der Waals surface area contributed by atoms with E-state index in [0.717, 1.165) is 15.8 Å². The van der Waals surface area contributed by atoms with Gasteiger partial charge in [0, 0.05) is 29.6 Å². The van der Waals surface area contributed by atoms with Crippen molar-refractivity contribution in [2.24, 2.45) is 7.05 Å². The van der Waals surface area contributed by atoms with Gasteiger partial charge in [0.25, 0.3) is 5.56 Å². The van der Waals surface area contributed by atoms with Gasteiger partial charge in [-0.05, 0) is 36.7 Å². The highest BCUT2D eigenvalue weighted by Crippen LogP contribution is 2.32. The van der Waals surface area contributed by atoms with Gasteiger partial charge < -0.3 is 4.57 Å². The highest BCUT2D eigenvalue weighted by Gasteiger charge is 2.21. The molecule has 0 saturated carbocycles. The number of rotatable bonds is 1. The van der Waals surface area contributed by atoms with Gasteiger partial charge in [-0.1, -0.05) is 20.8 Å². The van der Waals surface area contributed by atoms with Gasteiger partial charge in [-0.25, -0.2) is 9.36 Å². The summed E-state index contributed by atoms with van der Waals surface area (Å²) in [5, 5.41) is 0.995. The Morgan fingerprint density at radius 3 is 2.48 bits per heavy atom. The average molecular weight is 329 g/mol. The molecule has 0 saturated heterocycles. The Kier molecular flexibility index (Phi) is 3.52. The fraction of sp³-hybridized carbons (Fsp3) is 0.353. The minimum Gasteiger partial charge on any atom is -0.301 e. The number of hydrogen-bond acceptors (Lipinski definition) is 4. The molecule has 1 aromatic carbocycles. The molecule has 0 spiro atoms. The molecule has 2 aromatic heterocycles. The summed E-state index contributed by atoms with van der Waals surface area (Å²) in [4.78, 5) is 24.8. The number of nitrogens with zero attached hydrogens (tertiary/aromatic N) is 3. The Bertz CT molecular complexity index is 1020. The van der Waals surface area contributed by atoms with E-state index in [1.54, 1.807) is 20.0 Å². The standard InChI is InChI=1S/C17H19N3O2S/c1-10-8-14(21)20(16(22)19(10)5)11-6-7-13-12(9-11)15(18-23-13)17(2,3)4/h6-9H,1-5H3.